The molecule has 0 aliphatic carbocycles. The Labute approximate surface area is 66.7 Å². The Bertz CT molecular complexity index is 114. The predicted octanol–water partition coefficient (Wildman–Crippen LogP) is 0.897. The normalized spacial score (nSPS) is 9.82. The number of ether oxygens (including phenoxy) is 2. The van der Waals surface area contributed by atoms with Crippen LogP contribution in [0, 0.1) is 0 Å². The van der Waals surface area contributed by atoms with Crippen LogP contribution in [0.25, 0.3) is 0 Å². The first-order valence-corrected chi connectivity index (χ1v) is 3.70. The van der Waals surface area contributed by atoms with E-state index in [-0.39, 0.29) is 6.10 Å². The van der Waals surface area contributed by atoms with Crippen LogP contribution in [0.4, 0.5) is 4.79 Å². The first kappa shape index (κ1) is 10.2. The summed E-state index contributed by atoms with van der Waals surface area (Å²) in [5.41, 5.74) is 5.18. The molecule has 0 aliphatic rings. The van der Waals surface area contributed by atoms with E-state index in [9.17, 15) is 4.79 Å². The van der Waals surface area contributed by atoms with E-state index in [1.165, 1.54) is 0 Å². The highest BCUT2D eigenvalue weighted by Gasteiger charge is 2.04. The lowest BCUT2D eigenvalue weighted by atomic mass is 10.5. The van der Waals surface area contributed by atoms with Crippen molar-refractivity contribution in [3.05, 3.63) is 0 Å². The average Bonchev–Trinajstić information content (AvgIpc) is 1.86. The van der Waals surface area contributed by atoms with Crippen LogP contribution in [0.1, 0.15) is 20.3 Å². The van der Waals surface area contributed by atoms with Gasteiger partial charge in [-0.2, -0.15) is 0 Å². The molecule has 2 N–H and O–H groups in total. The number of carbonyl (C=O) groups is 1. The lowest BCUT2D eigenvalue weighted by Crippen LogP contribution is -2.15. The van der Waals surface area contributed by atoms with Gasteiger partial charge in [-0.25, -0.2) is 4.79 Å². The Balaban J connectivity index is 3.23. The molecule has 0 amide bonds. The lowest BCUT2D eigenvalue weighted by molar-refractivity contribution is 0.0344. The molecule has 0 saturated carbocycles. The fourth-order valence-electron chi connectivity index (χ4n) is 0.465. The SMILES string of the molecule is CC(C)OC(=O)OCCCN. The molecule has 0 unspecified atom stereocenters. The van der Waals surface area contributed by atoms with Crippen LogP contribution in [-0.4, -0.2) is 25.4 Å². The number of carbonyl (C=O) groups excluding carboxylic acids is 1. The highest BCUT2D eigenvalue weighted by molar-refractivity contribution is 5.59. The topological polar surface area (TPSA) is 61.5 Å². The van der Waals surface area contributed by atoms with Gasteiger partial charge in [0, 0.05) is 0 Å². The third kappa shape index (κ3) is 7.12. The zero-order valence-electron chi connectivity index (χ0n) is 7.00. The van der Waals surface area contributed by atoms with Crippen LogP contribution in [-0.2, 0) is 9.47 Å². The van der Waals surface area contributed by atoms with Crippen molar-refractivity contribution >= 4 is 6.16 Å². The van der Waals surface area contributed by atoms with Crippen molar-refractivity contribution in [1.82, 2.24) is 0 Å². The smallest absolute Gasteiger partial charge is 0.434 e. The number of nitrogens with two attached hydrogens (primary N) is 1. The van der Waals surface area contributed by atoms with Gasteiger partial charge in [-0.15, -0.1) is 0 Å². The molecule has 66 valence electrons. The maximum Gasteiger partial charge on any atom is 0.508 e. The minimum Gasteiger partial charge on any atom is -0.434 e. The average molecular weight is 161 g/mol. The fraction of sp³-hybridized carbons (Fsp3) is 0.857. The van der Waals surface area contributed by atoms with Gasteiger partial charge in [0.1, 0.15) is 0 Å². The van der Waals surface area contributed by atoms with Gasteiger partial charge in [-0.3, -0.25) is 0 Å². The molecular weight excluding hydrogens is 146 g/mol. The van der Waals surface area contributed by atoms with Gasteiger partial charge >= 0.3 is 6.16 Å². The maximum absolute atomic E-state index is 10.6. The standard InChI is InChI=1S/C7H15NO3/c1-6(2)11-7(9)10-5-3-4-8/h6H,3-5,8H2,1-2H3. The first-order valence-electron chi connectivity index (χ1n) is 3.70. The molecule has 0 bridgehead atoms. The second-order valence-corrected chi connectivity index (χ2v) is 2.41. The lowest BCUT2D eigenvalue weighted by Gasteiger charge is -2.07. The summed E-state index contributed by atoms with van der Waals surface area (Å²) in [5, 5.41) is 0. The number of rotatable bonds is 4. The Hall–Kier alpha value is -0.770. The van der Waals surface area contributed by atoms with E-state index in [1.54, 1.807) is 13.8 Å². The van der Waals surface area contributed by atoms with E-state index in [0.29, 0.717) is 19.6 Å². The second kappa shape index (κ2) is 5.97. The summed E-state index contributed by atoms with van der Waals surface area (Å²) in [7, 11) is 0. The number of hydrogen-bond donors (Lipinski definition) is 1. The first-order chi connectivity index (χ1) is 5.16. The molecule has 0 fully saturated rings. The quantitative estimate of drug-likeness (QED) is 0.491. The molecule has 0 aliphatic heterocycles. The van der Waals surface area contributed by atoms with E-state index >= 15 is 0 Å². The van der Waals surface area contributed by atoms with Crippen LogP contribution in [0.2, 0.25) is 0 Å². The van der Waals surface area contributed by atoms with E-state index in [4.69, 9.17) is 10.5 Å². The highest BCUT2D eigenvalue weighted by Crippen LogP contribution is 1.92. The molecule has 0 atom stereocenters. The van der Waals surface area contributed by atoms with Crippen molar-refractivity contribution in [1.29, 1.82) is 0 Å². The van der Waals surface area contributed by atoms with Crippen LogP contribution < -0.4 is 5.73 Å². The Morgan fingerprint density at radius 1 is 1.55 bits per heavy atom. The number of hydrogen-bond acceptors (Lipinski definition) is 4. The van der Waals surface area contributed by atoms with Crippen LogP contribution >= 0.6 is 0 Å². The van der Waals surface area contributed by atoms with Gasteiger partial charge in [-0.05, 0) is 26.8 Å². The molecular formula is C7H15NO3. The molecule has 0 aromatic carbocycles. The summed E-state index contributed by atoms with van der Waals surface area (Å²) in [6.45, 7) is 4.39. The minimum atomic E-state index is -0.617. The van der Waals surface area contributed by atoms with Crippen molar-refractivity contribution < 1.29 is 14.3 Å². The molecule has 0 radical (unpaired) electrons. The van der Waals surface area contributed by atoms with Crippen LogP contribution in [0.5, 0.6) is 0 Å². The Morgan fingerprint density at radius 3 is 2.64 bits per heavy atom. The van der Waals surface area contributed by atoms with Gasteiger partial charge in [-0.1, -0.05) is 0 Å². The summed E-state index contributed by atoms with van der Waals surface area (Å²) in [6.07, 6.45) is -0.0680. The molecule has 0 heterocycles. The van der Waals surface area contributed by atoms with Gasteiger partial charge < -0.3 is 15.2 Å². The minimum absolute atomic E-state index is 0.125. The third-order valence-corrected chi connectivity index (χ3v) is 0.900. The predicted molar refractivity (Wildman–Crippen MR) is 41.2 cm³/mol. The molecule has 0 spiro atoms. The van der Waals surface area contributed by atoms with Crippen molar-refractivity contribution in [2.45, 2.75) is 26.4 Å². The highest BCUT2D eigenvalue weighted by atomic mass is 16.7. The monoisotopic (exact) mass is 161 g/mol. The Kier molecular flexibility index (Phi) is 5.56. The van der Waals surface area contributed by atoms with Gasteiger partial charge in [0.2, 0.25) is 0 Å². The largest absolute Gasteiger partial charge is 0.508 e. The van der Waals surface area contributed by atoms with E-state index in [1.807, 2.05) is 0 Å². The molecule has 0 saturated heterocycles. The van der Waals surface area contributed by atoms with E-state index in [2.05, 4.69) is 4.74 Å². The van der Waals surface area contributed by atoms with Crippen molar-refractivity contribution in [2.75, 3.05) is 13.2 Å². The summed E-state index contributed by atoms with van der Waals surface area (Å²) in [5.74, 6) is 0. The Morgan fingerprint density at radius 2 is 2.18 bits per heavy atom. The summed E-state index contributed by atoms with van der Waals surface area (Å²) in [4.78, 5) is 10.6. The second-order valence-electron chi connectivity index (χ2n) is 2.41. The van der Waals surface area contributed by atoms with Crippen LogP contribution in [0.3, 0.4) is 0 Å². The van der Waals surface area contributed by atoms with E-state index in [0.717, 1.165) is 0 Å². The molecule has 11 heavy (non-hydrogen) atoms. The molecule has 0 aromatic heterocycles. The van der Waals surface area contributed by atoms with Crippen molar-refractivity contribution in [3.8, 4) is 0 Å². The van der Waals surface area contributed by atoms with Gasteiger partial charge in [0.05, 0.1) is 12.7 Å². The third-order valence-electron chi connectivity index (χ3n) is 0.900. The van der Waals surface area contributed by atoms with Crippen molar-refractivity contribution in [2.24, 2.45) is 5.73 Å². The van der Waals surface area contributed by atoms with Gasteiger partial charge in [0.25, 0.3) is 0 Å². The summed E-state index contributed by atoms with van der Waals surface area (Å²) < 4.78 is 9.35. The molecule has 0 aromatic rings. The van der Waals surface area contributed by atoms with E-state index < -0.39 is 6.16 Å². The van der Waals surface area contributed by atoms with Crippen molar-refractivity contribution in [3.63, 3.8) is 0 Å². The molecule has 4 heteroatoms. The molecule has 0 rings (SSSR count). The summed E-state index contributed by atoms with van der Waals surface area (Å²) in [6, 6.07) is 0. The van der Waals surface area contributed by atoms with Crippen LogP contribution in [0.15, 0.2) is 0 Å². The molecule has 4 nitrogen and oxygen atoms in total. The maximum atomic E-state index is 10.6. The van der Waals surface area contributed by atoms with Gasteiger partial charge in [0.15, 0.2) is 0 Å². The summed E-state index contributed by atoms with van der Waals surface area (Å²) >= 11 is 0. The fourth-order valence-corrected chi connectivity index (χ4v) is 0.465. The zero-order valence-corrected chi connectivity index (χ0v) is 7.00. The zero-order chi connectivity index (χ0) is 8.69.